The van der Waals surface area contributed by atoms with Gasteiger partial charge in [-0.1, -0.05) is 12.1 Å². The van der Waals surface area contributed by atoms with Crippen molar-refractivity contribution in [2.45, 2.75) is 25.8 Å². The molecule has 0 bridgehead atoms. The van der Waals surface area contributed by atoms with Gasteiger partial charge in [0.15, 0.2) is 0 Å². The first-order chi connectivity index (χ1) is 6.29. The maximum Gasteiger partial charge on any atom is 0.128 e. The number of benzene rings is 1. The maximum atomic E-state index is 13.5. The first-order valence-electron chi connectivity index (χ1n) is 4.77. The minimum atomic E-state index is -0.0700. The van der Waals surface area contributed by atoms with E-state index in [4.69, 9.17) is 0 Å². The molecule has 1 aromatic rings. The molecule has 1 N–H and O–H groups in total. The van der Waals surface area contributed by atoms with E-state index in [2.05, 4.69) is 5.32 Å². The summed E-state index contributed by atoms with van der Waals surface area (Å²) in [6.07, 6.45) is 2.21. The van der Waals surface area contributed by atoms with Gasteiger partial charge in [-0.15, -0.1) is 0 Å². The predicted molar refractivity (Wildman–Crippen MR) is 51.1 cm³/mol. The van der Waals surface area contributed by atoms with Crippen LogP contribution in [0.4, 0.5) is 4.39 Å². The van der Waals surface area contributed by atoms with Crippen molar-refractivity contribution in [3.63, 3.8) is 0 Å². The Bertz CT molecular complexity index is 283. The predicted octanol–water partition coefficient (Wildman–Crippen LogP) is 2.56. The zero-order valence-electron chi connectivity index (χ0n) is 7.81. The van der Waals surface area contributed by atoms with E-state index in [9.17, 15) is 4.39 Å². The molecule has 1 nitrogen and oxygen atoms in total. The SMILES string of the molecule is Cc1cccc(F)c1C1CCCN1. The fraction of sp³-hybridized carbons (Fsp3) is 0.455. The second-order valence-corrected chi connectivity index (χ2v) is 3.62. The summed E-state index contributed by atoms with van der Waals surface area (Å²) in [5, 5.41) is 3.31. The molecule has 0 aliphatic carbocycles. The van der Waals surface area contributed by atoms with Crippen LogP contribution in [0.1, 0.15) is 30.0 Å². The molecular formula is C11H14FN. The van der Waals surface area contributed by atoms with Crippen molar-refractivity contribution in [2.75, 3.05) is 6.54 Å². The minimum Gasteiger partial charge on any atom is -0.310 e. The van der Waals surface area contributed by atoms with Crippen LogP contribution in [0.5, 0.6) is 0 Å². The van der Waals surface area contributed by atoms with E-state index in [1.165, 1.54) is 0 Å². The zero-order valence-corrected chi connectivity index (χ0v) is 7.81. The summed E-state index contributed by atoms with van der Waals surface area (Å²) in [5.41, 5.74) is 1.92. The monoisotopic (exact) mass is 179 g/mol. The van der Waals surface area contributed by atoms with Gasteiger partial charge in [0.05, 0.1) is 0 Å². The van der Waals surface area contributed by atoms with Crippen LogP contribution in [0.2, 0.25) is 0 Å². The van der Waals surface area contributed by atoms with Crippen LogP contribution in [-0.2, 0) is 0 Å². The highest BCUT2D eigenvalue weighted by atomic mass is 19.1. The molecule has 13 heavy (non-hydrogen) atoms. The van der Waals surface area contributed by atoms with Gasteiger partial charge in [-0.3, -0.25) is 0 Å². The summed E-state index contributed by atoms with van der Waals surface area (Å²) in [6.45, 7) is 2.98. The molecule has 1 atom stereocenters. The Balaban J connectivity index is 2.37. The first-order valence-corrected chi connectivity index (χ1v) is 4.77. The highest BCUT2D eigenvalue weighted by Gasteiger charge is 2.20. The lowest BCUT2D eigenvalue weighted by Gasteiger charge is -2.14. The molecule has 70 valence electrons. The third kappa shape index (κ3) is 1.59. The number of halogens is 1. The molecule has 1 saturated heterocycles. The van der Waals surface area contributed by atoms with Crippen molar-refractivity contribution in [2.24, 2.45) is 0 Å². The molecule has 2 rings (SSSR count). The molecule has 0 aromatic heterocycles. The molecule has 0 amide bonds. The average Bonchev–Trinajstić information content (AvgIpc) is 2.57. The van der Waals surface area contributed by atoms with E-state index < -0.39 is 0 Å². The largest absolute Gasteiger partial charge is 0.310 e. The third-order valence-corrected chi connectivity index (χ3v) is 2.68. The van der Waals surface area contributed by atoms with E-state index in [1.807, 2.05) is 13.0 Å². The summed E-state index contributed by atoms with van der Waals surface area (Å²) in [7, 11) is 0. The topological polar surface area (TPSA) is 12.0 Å². The average molecular weight is 179 g/mol. The lowest BCUT2D eigenvalue weighted by Crippen LogP contribution is -2.15. The van der Waals surface area contributed by atoms with Gasteiger partial charge < -0.3 is 5.32 Å². The first kappa shape index (κ1) is 8.70. The molecule has 1 heterocycles. The second-order valence-electron chi connectivity index (χ2n) is 3.62. The van der Waals surface area contributed by atoms with Crippen molar-refractivity contribution < 1.29 is 4.39 Å². The van der Waals surface area contributed by atoms with Gasteiger partial charge in [-0.25, -0.2) is 4.39 Å². The normalized spacial score (nSPS) is 22.2. The number of nitrogens with one attached hydrogen (secondary N) is 1. The van der Waals surface area contributed by atoms with Crippen LogP contribution in [0.3, 0.4) is 0 Å². The lowest BCUT2D eigenvalue weighted by atomic mass is 9.99. The molecule has 1 unspecified atom stereocenters. The quantitative estimate of drug-likeness (QED) is 0.698. The number of rotatable bonds is 1. The minimum absolute atomic E-state index is 0.0700. The Hall–Kier alpha value is -0.890. The summed E-state index contributed by atoms with van der Waals surface area (Å²) in [6, 6.07) is 5.52. The van der Waals surface area contributed by atoms with Gasteiger partial charge in [0, 0.05) is 11.6 Å². The van der Waals surface area contributed by atoms with Crippen LogP contribution in [-0.4, -0.2) is 6.54 Å². The Morgan fingerprint density at radius 1 is 1.46 bits per heavy atom. The van der Waals surface area contributed by atoms with Gasteiger partial charge in [-0.05, 0) is 37.9 Å². The molecule has 1 aromatic carbocycles. The Labute approximate surface area is 78.0 Å². The van der Waals surface area contributed by atoms with Crippen molar-refractivity contribution in [1.82, 2.24) is 5.32 Å². The number of aryl methyl sites for hydroxylation is 1. The summed E-state index contributed by atoms with van der Waals surface area (Å²) >= 11 is 0. The van der Waals surface area contributed by atoms with E-state index in [-0.39, 0.29) is 11.9 Å². The molecule has 0 spiro atoms. The molecule has 0 saturated carbocycles. The molecule has 1 aliphatic heterocycles. The van der Waals surface area contributed by atoms with Crippen LogP contribution in [0, 0.1) is 12.7 Å². The van der Waals surface area contributed by atoms with E-state index >= 15 is 0 Å². The number of hydrogen-bond donors (Lipinski definition) is 1. The van der Waals surface area contributed by atoms with Crippen LogP contribution < -0.4 is 5.32 Å². The Kier molecular flexibility index (Phi) is 2.32. The molecule has 1 fully saturated rings. The van der Waals surface area contributed by atoms with Crippen LogP contribution in [0.25, 0.3) is 0 Å². The molecule has 0 radical (unpaired) electrons. The lowest BCUT2D eigenvalue weighted by molar-refractivity contribution is 0.555. The van der Waals surface area contributed by atoms with Crippen LogP contribution in [0.15, 0.2) is 18.2 Å². The van der Waals surface area contributed by atoms with Gasteiger partial charge >= 0.3 is 0 Å². The fourth-order valence-corrected chi connectivity index (χ4v) is 2.02. The van der Waals surface area contributed by atoms with Crippen molar-refractivity contribution in [3.05, 3.63) is 35.1 Å². The fourth-order valence-electron chi connectivity index (χ4n) is 2.02. The third-order valence-electron chi connectivity index (χ3n) is 2.68. The van der Waals surface area contributed by atoms with E-state index in [0.29, 0.717) is 0 Å². The summed E-state index contributed by atoms with van der Waals surface area (Å²) in [5.74, 6) is -0.0700. The van der Waals surface area contributed by atoms with Gasteiger partial charge in [0.2, 0.25) is 0 Å². The van der Waals surface area contributed by atoms with Crippen LogP contribution >= 0.6 is 0 Å². The Morgan fingerprint density at radius 3 is 2.92 bits per heavy atom. The highest BCUT2D eigenvalue weighted by molar-refractivity contribution is 5.30. The Morgan fingerprint density at radius 2 is 2.31 bits per heavy atom. The van der Waals surface area contributed by atoms with Crippen molar-refractivity contribution >= 4 is 0 Å². The zero-order chi connectivity index (χ0) is 9.26. The smallest absolute Gasteiger partial charge is 0.128 e. The molecule has 1 aliphatic rings. The molecular weight excluding hydrogens is 165 g/mol. The van der Waals surface area contributed by atoms with Crippen molar-refractivity contribution in [1.29, 1.82) is 0 Å². The van der Waals surface area contributed by atoms with E-state index in [0.717, 1.165) is 30.5 Å². The number of hydrogen-bond acceptors (Lipinski definition) is 1. The van der Waals surface area contributed by atoms with Gasteiger partial charge in [-0.2, -0.15) is 0 Å². The van der Waals surface area contributed by atoms with Gasteiger partial charge in [0.1, 0.15) is 5.82 Å². The van der Waals surface area contributed by atoms with Crippen molar-refractivity contribution in [3.8, 4) is 0 Å². The molecule has 2 heteroatoms. The standard InChI is InChI=1S/C11H14FN/c1-8-4-2-5-9(12)11(8)10-6-3-7-13-10/h2,4-5,10,13H,3,6-7H2,1H3. The summed E-state index contributed by atoms with van der Waals surface area (Å²) in [4.78, 5) is 0. The second kappa shape index (κ2) is 3.46. The van der Waals surface area contributed by atoms with Gasteiger partial charge in [0.25, 0.3) is 0 Å². The summed E-state index contributed by atoms with van der Waals surface area (Å²) < 4.78 is 13.5. The highest BCUT2D eigenvalue weighted by Crippen LogP contribution is 2.27. The van der Waals surface area contributed by atoms with E-state index in [1.54, 1.807) is 12.1 Å². The maximum absolute atomic E-state index is 13.5.